The zero-order valence-electron chi connectivity index (χ0n) is 11.2. The summed E-state index contributed by atoms with van der Waals surface area (Å²) >= 11 is 5.90. The van der Waals surface area contributed by atoms with Gasteiger partial charge >= 0.3 is 0 Å². The number of halogens is 1. The van der Waals surface area contributed by atoms with Crippen LogP contribution in [0.5, 0.6) is 0 Å². The number of anilines is 1. The third-order valence-electron chi connectivity index (χ3n) is 3.33. The Bertz CT molecular complexity index is 367. The Morgan fingerprint density at radius 2 is 2.00 bits per heavy atom. The van der Waals surface area contributed by atoms with Crippen LogP contribution in [0.1, 0.15) is 32.3 Å². The summed E-state index contributed by atoms with van der Waals surface area (Å²) in [7, 11) is 0. The lowest BCUT2D eigenvalue weighted by Crippen LogP contribution is -2.36. The molecule has 0 saturated heterocycles. The van der Waals surface area contributed by atoms with Crippen LogP contribution >= 0.6 is 11.6 Å². The minimum atomic E-state index is 0.171. The van der Waals surface area contributed by atoms with E-state index < -0.39 is 0 Å². The highest BCUT2D eigenvalue weighted by Crippen LogP contribution is 2.21. The van der Waals surface area contributed by atoms with Gasteiger partial charge in [0.25, 0.3) is 0 Å². The maximum Gasteiger partial charge on any atom is 0.0558 e. The van der Waals surface area contributed by atoms with E-state index in [9.17, 15) is 5.11 Å². The minimum Gasteiger partial charge on any atom is -0.398 e. The quantitative estimate of drug-likeness (QED) is 0.749. The highest BCUT2D eigenvalue weighted by atomic mass is 35.5. The number of aliphatic hydroxyl groups excluding tert-OH is 1. The fourth-order valence-electron chi connectivity index (χ4n) is 2.25. The van der Waals surface area contributed by atoms with E-state index in [1.54, 1.807) is 6.07 Å². The smallest absolute Gasteiger partial charge is 0.0558 e. The molecular formula is C14H23ClN2O. The molecule has 0 aromatic heterocycles. The molecule has 1 aromatic rings. The standard InChI is InChI=1S/C14H23ClN2O/c1-3-13(4-2)17(7-8-18)10-11-5-6-12(15)9-14(11)16/h5-6,9,13,18H,3-4,7-8,10,16H2,1-2H3. The first-order valence-corrected chi connectivity index (χ1v) is 6.88. The molecule has 0 saturated carbocycles. The van der Waals surface area contributed by atoms with Gasteiger partial charge in [-0.05, 0) is 30.5 Å². The molecular weight excluding hydrogens is 248 g/mol. The fraction of sp³-hybridized carbons (Fsp3) is 0.571. The Labute approximate surface area is 115 Å². The Kier molecular flexibility index (Phi) is 6.47. The van der Waals surface area contributed by atoms with E-state index in [0.717, 1.165) is 30.6 Å². The SMILES string of the molecule is CCC(CC)N(CCO)Cc1ccc(Cl)cc1N. The number of rotatable bonds is 7. The number of hydrogen-bond donors (Lipinski definition) is 2. The summed E-state index contributed by atoms with van der Waals surface area (Å²) in [5.74, 6) is 0. The van der Waals surface area contributed by atoms with E-state index in [1.807, 2.05) is 12.1 Å². The number of benzene rings is 1. The Morgan fingerprint density at radius 3 is 2.50 bits per heavy atom. The fourth-order valence-corrected chi connectivity index (χ4v) is 2.43. The maximum absolute atomic E-state index is 9.17. The van der Waals surface area contributed by atoms with Gasteiger partial charge in [0.2, 0.25) is 0 Å². The van der Waals surface area contributed by atoms with Crippen molar-refractivity contribution in [2.45, 2.75) is 39.3 Å². The molecule has 3 nitrogen and oxygen atoms in total. The Hall–Kier alpha value is -0.770. The van der Waals surface area contributed by atoms with Crippen LogP contribution in [0.15, 0.2) is 18.2 Å². The zero-order chi connectivity index (χ0) is 13.5. The molecule has 0 heterocycles. The summed E-state index contributed by atoms with van der Waals surface area (Å²) in [5, 5.41) is 9.83. The molecule has 0 aliphatic heterocycles. The number of nitrogen functional groups attached to an aromatic ring is 1. The molecule has 18 heavy (non-hydrogen) atoms. The molecule has 0 radical (unpaired) electrons. The van der Waals surface area contributed by atoms with Gasteiger partial charge < -0.3 is 10.8 Å². The summed E-state index contributed by atoms with van der Waals surface area (Å²) in [6.07, 6.45) is 2.15. The van der Waals surface area contributed by atoms with E-state index in [1.165, 1.54) is 0 Å². The first kappa shape index (κ1) is 15.3. The molecule has 0 spiro atoms. The van der Waals surface area contributed by atoms with Crippen LogP contribution < -0.4 is 5.73 Å². The van der Waals surface area contributed by atoms with Crippen LogP contribution in [0.3, 0.4) is 0 Å². The van der Waals surface area contributed by atoms with E-state index >= 15 is 0 Å². The van der Waals surface area contributed by atoms with Crippen molar-refractivity contribution in [1.82, 2.24) is 4.90 Å². The van der Waals surface area contributed by atoms with Crippen molar-refractivity contribution in [1.29, 1.82) is 0 Å². The summed E-state index contributed by atoms with van der Waals surface area (Å²) in [6.45, 7) is 5.95. The Balaban J connectivity index is 2.82. The molecule has 0 unspecified atom stereocenters. The van der Waals surface area contributed by atoms with Crippen molar-refractivity contribution in [2.24, 2.45) is 0 Å². The third-order valence-corrected chi connectivity index (χ3v) is 3.56. The van der Waals surface area contributed by atoms with Gasteiger partial charge in [0, 0.05) is 29.8 Å². The molecule has 0 amide bonds. The van der Waals surface area contributed by atoms with Crippen molar-refractivity contribution in [2.75, 3.05) is 18.9 Å². The van der Waals surface area contributed by atoms with Crippen LogP contribution in [0, 0.1) is 0 Å². The lowest BCUT2D eigenvalue weighted by molar-refractivity contribution is 0.137. The maximum atomic E-state index is 9.17. The van der Waals surface area contributed by atoms with E-state index in [4.69, 9.17) is 17.3 Å². The number of nitrogens with zero attached hydrogens (tertiary/aromatic N) is 1. The van der Waals surface area contributed by atoms with E-state index in [2.05, 4.69) is 18.7 Å². The number of aliphatic hydroxyl groups is 1. The normalized spacial score (nSPS) is 11.4. The minimum absolute atomic E-state index is 0.171. The average molecular weight is 271 g/mol. The second-order valence-electron chi connectivity index (χ2n) is 4.51. The second kappa shape index (κ2) is 7.62. The molecule has 0 aliphatic carbocycles. The van der Waals surface area contributed by atoms with Crippen molar-refractivity contribution in [3.05, 3.63) is 28.8 Å². The average Bonchev–Trinajstić information content (AvgIpc) is 2.34. The lowest BCUT2D eigenvalue weighted by atomic mass is 10.1. The predicted octanol–water partition coefficient (Wildman–Crippen LogP) is 2.91. The second-order valence-corrected chi connectivity index (χ2v) is 4.94. The van der Waals surface area contributed by atoms with E-state index in [0.29, 0.717) is 17.6 Å². The van der Waals surface area contributed by atoms with Gasteiger partial charge in [0.1, 0.15) is 0 Å². The first-order chi connectivity index (χ1) is 8.62. The van der Waals surface area contributed by atoms with Crippen LogP contribution in [0.4, 0.5) is 5.69 Å². The highest BCUT2D eigenvalue weighted by molar-refractivity contribution is 6.30. The van der Waals surface area contributed by atoms with Crippen molar-refractivity contribution in [3.8, 4) is 0 Å². The van der Waals surface area contributed by atoms with Gasteiger partial charge in [-0.15, -0.1) is 0 Å². The zero-order valence-corrected chi connectivity index (χ0v) is 12.0. The molecule has 0 atom stereocenters. The topological polar surface area (TPSA) is 49.5 Å². The monoisotopic (exact) mass is 270 g/mol. The molecule has 1 rings (SSSR count). The Morgan fingerprint density at radius 1 is 1.33 bits per heavy atom. The van der Waals surface area contributed by atoms with Crippen molar-refractivity contribution < 1.29 is 5.11 Å². The lowest BCUT2D eigenvalue weighted by Gasteiger charge is -2.30. The van der Waals surface area contributed by atoms with Crippen LogP contribution in [-0.4, -0.2) is 29.2 Å². The molecule has 0 fully saturated rings. The van der Waals surface area contributed by atoms with Crippen molar-refractivity contribution >= 4 is 17.3 Å². The molecule has 3 N–H and O–H groups in total. The van der Waals surface area contributed by atoms with Crippen LogP contribution in [0.25, 0.3) is 0 Å². The largest absolute Gasteiger partial charge is 0.398 e. The highest BCUT2D eigenvalue weighted by Gasteiger charge is 2.15. The van der Waals surface area contributed by atoms with Gasteiger partial charge in [-0.1, -0.05) is 31.5 Å². The van der Waals surface area contributed by atoms with Crippen LogP contribution in [-0.2, 0) is 6.54 Å². The number of hydrogen-bond acceptors (Lipinski definition) is 3. The van der Waals surface area contributed by atoms with Gasteiger partial charge in [0.05, 0.1) is 6.61 Å². The van der Waals surface area contributed by atoms with Crippen molar-refractivity contribution in [3.63, 3.8) is 0 Å². The van der Waals surface area contributed by atoms with E-state index in [-0.39, 0.29) is 6.61 Å². The van der Waals surface area contributed by atoms with Gasteiger partial charge in [0.15, 0.2) is 0 Å². The molecule has 0 aliphatic rings. The number of nitrogens with two attached hydrogens (primary N) is 1. The molecule has 1 aromatic carbocycles. The summed E-state index contributed by atoms with van der Waals surface area (Å²) in [6, 6.07) is 6.08. The molecule has 102 valence electrons. The summed E-state index contributed by atoms with van der Waals surface area (Å²) in [5.41, 5.74) is 7.76. The van der Waals surface area contributed by atoms with Gasteiger partial charge in [-0.3, -0.25) is 4.90 Å². The third kappa shape index (κ3) is 4.16. The van der Waals surface area contributed by atoms with Gasteiger partial charge in [-0.2, -0.15) is 0 Å². The van der Waals surface area contributed by atoms with Gasteiger partial charge in [-0.25, -0.2) is 0 Å². The summed E-state index contributed by atoms with van der Waals surface area (Å²) in [4.78, 5) is 2.28. The molecule has 4 heteroatoms. The van der Waals surface area contributed by atoms with Crippen LogP contribution in [0.2, 0.25) is 5.02 Å². The summed E-state index contributed by atoms with van der Waals surface area (Å²) < 4.78 is 0. The first-order valence-electron chi connectivity index (χ1n) is 6.51. The molecule has 0 bridgehead atoms. The predicted molar refractivity (Wildman–Crippen MR) is 77.7 cm³/mol.